The third kappa shape index (κ3) is 3.16. The number of hydrogen-bond acceptors (Lipinski definition) is 3. The number of nitrogens with zero attached hydrogens (tertiary/aromatic N) is 2. The van der Waals surface area contributed by atoms with Crippen LogP contribution >= 0.6 is 11.6 Å². The molecule has 1 aromatic heterocycles. The van der Waals surface area contributed by atoms with Crippen LogP contribution in [0.3, 0.4) is 0 Å². The van der Waals surface area contributed by atoms with Crippen molar-refractivity contribution in [2.45, 2.75) is 32.2 Å². The van der Waals surface area contributed by atoms with Gasteiger partial charge in [-0.3, -0.25) is 9.89 Å². The predicted octanol–water partition coefficient (Wildman–Crippen LogP) is 5.17. The Bertz CT molecular complexity index is 997. The van der Waals surface area contributed by atoms with E-state index in [0.29, 0.717) is 28.5 Å². The molecule has 0 aliphatic carbocycles. The first-order valence-corrected chi connectivity index (χ1v) is 9.92. The molecule has 4 rings (SSSR count). The van der Waals surface area contributed by atoms with Crippen LogP contribution in [-0.2, 0) is 0 Å². The SMILES string of the molecule is CCCCCN1C(=O)c2[nH]nc(-c3ccccc3O)c2C1c1ccc(Cl)cc1. The van der Waals surface area contributed by atoms with Crippen molar-refractivity contribution in [3.63, 3.8) is 0 Å². The molecular formula is C22H22ClN3O2. The number of halogens is 1. The molecule has 1 aliphatic rings. The highest BCUT2D eigenvalue weighted by Gasteiger charge is 2.42. The minimum absolute atomic E-state index is 0.0553. The van der Waals surface area contributed by atoms with Crippen LogP contribution in [0.25, 0.3) is 11.3 Å². The van der Waals surface area contributed by atoms with Crippen LogP contribution in [-0.4, -0.2) is 32.7 Å². The van der Waals surface area contributed by atoms with Crippen LogP contribution in [0.15, 0.2) is 48.5 Å². The highest BCUT2D eigenvalue weighted by Crippen LogP contribution is 2.44. The molecule has 2 aromatic carbocycles. The Morgan fingerprint density at radius 2 is 1.89 bits per heavy atom. The van der Waals surface area contributed by atoms with Gasteiger partial charge in [-0.15, -0.1) is 0 Å². The molecular weight excluding hydrogens is 374 g/mol. The third-order valence-corrected chi connectivity index (χ3v) is 5.46. The lowest BCUT2D eigenvalue weighted by molar-refractivity contribution is 0.0740. The summed E-state index contributed by atoms with van der Waals surface area (Å²) >= 11 is 6.08. The number of fused-ring (bicyclic) bond motifs is 1. The Morgan fingerprint density at radius 1 is 1.14 bits per heavy atom. The Morgan fingerprint density at radius 3 is 2.61 bits per heavy atom. The second kappa shape index (κ2) is 7.68. The number of para-hydroxylation sites is 1. The van der Waals surface area contributed by atoms with Gasteiger partial charge in [-0.05, 0) is 36.2 Å². The third-order valence-electron chi connectivity index (χ3n) is 5.21. The van der Waals surface area contributed by atoms with Crippen LogP contribution in [0.5, 0.6) is 5.75 Å². The van der Waals surface area contributed by atoms with E-state index in [1.54, 1.807) is 12.1 Å². The number of phenols is 1. The van der Waals surface area contributed by atoms with E-state index >= 15 is 0 Å². The molecule has 2 N–H and O–H groups in total. The van der Waals surface area contributed by atoms with Crippen molar-refractivity contribution in [3.8, 4) is 17.0 Å². The summed E-state index contributed by atoms with van der Waals surface area (Å²) < 4.78 is 0. The lowest BCUT2D eigenvalue weighted by Crippen LogP contribution is -2.30. The fraction of sp³-hybridized carbons (Fsp3) is 0.273. The molecule has 3 aromatic rings. The smallest absolute Gasteiger partial charge is 0.273 e. The molecule has 5 nitrogen and oxygen atoms in total. The molecule has 1 aliphatic heterocycles. The van der Waals surface area contributed by atoms with Gasteiger partial charge in [0.05, 0.1) is 6.04 Å². The standard InChI is InChI=1S/C22H22ClN3O2/c1-2-3-6-13-26-21(14-9-11-15(23)12-10-14)18-19(24-25-20(18)22(26)28)16-7-4-5-8-17(16)27/h4-5,7-12,21,27H,2-3,6,13H2,1H3,(H,24,25). The van der Waals surface area contributed by atoms with Crippen LogP contribution in [0.2, 0.25) is 5.02 Å². The summed E-state index contributed by atoms with van der Waals surface area (Å²) in [6, 6.07) is 14.4. The first kappa shape index (κ1) is 18.6. The predicted molar refractivity (Wildman–Crippen MR) is 110 cm³/mol. The molecule has 0 radical (unpaired) electrons. The van der Waals surface area contributed by atoms with E-state index in [0.717, 1.165) is 30.4 Å². The second-order valence-electron chi connectivity index (χ2n) is 7.04. The highest BCUT2D eigenvalue weighted by molar-refractivity contribution is 6.30. The number of benzene rings is 2. The fourth-order valence-corrected chi connectivity index (χ4v) is 3.96. The Labute approximate surface area is 169 Å². The fourth-order valence-electron chi connectivity index (χ4n) is 3.83. The molecule has 0 bridgehead atoms. The maximum atomic E-state index is 13.1. The van der Waals surface area contributed by atoms with Gasteiger partial charge in [0, 0.05) is 22.7 Å². The van der Waals surface area contributed by atoms with E-state index in [4.69, 9.17) is 11.6 Å². The summed E-state index contributed by atoms with van der Waals surface area (Å²) in [6.07, 6.45) is 3.09. The van der Waals surface area contributed by atoms with E-state index in [1.165, 1.54) is 0 Å². The van der Waals surface area contributed by atoms with Gasteiger partial charge < -0.3 is 10.0 Å². The molecule has 0 fully saturated rings. The summed E-state index contributed by atoms with van der Waals surface area (Å²) in [5.41, 5.74) is 3.51. The van der Waals surface area contributed by atoms with Crippen LogP contribution < -0.4 is 0 Å². The Hall–Kier alpha value is -2.79. The number of aromatic nitrogens is 2. The second-order valence-corrected chi connectivity index (χ2v) is 7.47. The number of carbonyl (C=O) groups excluding carboxylic acids is 1. The maximum absolute atomic E-state index is 13.1. The van der Waals surface area contributed by atoms with E-state index in [1.807, 2.05) is 41.3 Å². The van der Waals surface area contributed by atoms with E-state index in [-0.39, 0.29) is 17.7 Å². The number of amides is 1. The van der Waals surface area contributed by atoms with Crippen LogP contribution in [0, 0.1) is 0 Å². The van der Waals surface area contributed by atoms with Gasteiger partial charge >= 0.3 is 0 Å². The summed E-state index contributed by atoms with van der Waals surface area (Å²) in [5, 5.41) is 18.3. The van der Waals surface area contributed by atoms with Gasteiger partial charge in [0.2, 0.25) is 0 Å². The summed E-state index contributed by atoms with van der Waals surface area (Å²) in [6.45, 7) is 2.81. The summed E-state index contributed by atoms with van der Waals surface area (Å²) in [4.78, 5) is 15.0. The van der Waals surface area contributed by atoms with Crippen LogP contribution in [0.4, 0.5) is 0 Å². The van der Waals surface area contributed by atoms with E-state index in [2.05, 4.69) is 17.1 Å². The monoisotopic (exact) mass is 395 g/mol. The topological polar surface area (TPSA) is 69.2 Å². The Balaban J connectivity index is 1.83. The molecule has 1 unspecified atom stereocenters. The first-order chi connectivity index (χ1) is 13.6. The molecule has 1 atom stereocenters. The number of phenolic OH excluding ortho intramolecular Hbond substituents is 1. The molecule has 144 valence electrons. The Kier molecular flexibility index (Phi) is 5.09. The number of carbonyl (C=O) groups is 1. The zero-order valence-corrected chi connectivity index (χ0v) is 16.4. The molecule has 1 amide bonds. The number of rotatable bonds is 6. The summed E-state index contributed by atoms with van der Waals surface area (Å²) in [5.74, 6) is 0.0868. The van der Waals surface area contributed by atoms with Crippen molar-refractivity contribution >= 4 is 17.5 Å². The number of aromatic amines is 1. The van der Waals surface area contributed by atoms with Gasteiger partial charge in [0.25, 0.3) is 5.91 Å². The number of aromatic hydroxyl groups is 1. The average Bonchev–Trinajstić information content (AvgIpc) is 3.23. The highest BCUT2D eigenvalue weighted by atomic mass is 35.5. The minimum atomic E-state index is -0.259. The van der Waals surface area contributed by atoms with Gasteiger partial charge in [0.1, 0.15) is 17.1 Å². The average molecular weight is 396 g/mol. The molecule has 0 saturated heterocycles. The first-order valence-electron chi connectivity index (χ1n) is 9.55. The number of hydrogen-bond donors (Lipinski definition) is 2. The van der Waals surface area contributed by atoms with Crippen molar-refractivity contribution in [1.29, 1.82) is 0 Å². The van der Waals surface area contributed by atoms with Gasteiger partial charge in [0.15, 0.2) is 0 Å². The normalized spacial score (nSPS) is 15.9. The zero-order chi connectivity index (χ0) is 19.7. The lowest BCUT2D eigenvalue weighted by atomic mass is 9.95. The van der Waals surface area contributed by atoms with Crippen molar-refractivity contribution in [1.82, 2.24) is 15.1 Å². The van der Waals surface area contributed by atoms with Crippen molar-refractivity contribution in [2.24, 2.45) is 0 Å². The van der Waals surface area contributed by atoms with Gasteiger partial charge in [-0.25, -0.2) is 0 Å². The molecule has 2 heterocycles. The minimum Gasteiger partial charge on any atom is -0.507 e. The van der Waals surface area contributed by atoms with E-state index < -0.39 is 0 Å². The largest absolute Gasteiger partial charge is 0.507 e. The van der Waals surface area contributed by atoms with Crippen LogP contribution in [0.1, 0.15) is 53.8 Å². The van der Waals surface area contributed by atoms with Crippen molar-refractivity contribution < 1.29 is 9.90 Å². The quantitative estimate of drug-likeness (QED) is 0.565. The van der Waals surface area contributed by atoms with E-state index in [9.17, 15) is 9.90 Å². The molecule has 0 spiro atoms. The number of nitrogens with one attached hydrogen (secondary N) is 1. The van der Waals surface area contributed by atoms with Gasteiger partial charge in [-0.1, -0.05) is 55.6 Å². The van der Waals surface area contributed by atoms with Crippen molar-refractivity contribution in [2.75, 3.05) is 6.54 Å². The number of unbranched alkanes of at least 4 members (excludes halogenated alkanes) is 2. The summed E-state index contributed by atoms with van der Waals surface area (Å²) in [7, 11) is 0. The van der Waals surface area contributed by atoms with Gasteiger partial charge in [-0.2, -0.15) is 5.10 Å². The molecule has 0 saturated carbocycles. The molecule has 6 heteroatoms. The van der Waals surface area contributed by atoms with Crippen molar-refractivity contribution in [3.05, 3.63) is 70.4 Å². The molecule has 28 heavy (non-hydrogen) atoms. The zero-order valence-electron chi connectivity index (χ0n) is 15.7. The number of H-pyrrole nitrogens is 1. The maximum Gasteiger partial charge on any atom is 0.273 e. The lowest BCUT2D eigenvalue weighted by Gasteiger charge is -2.26.